The van der Waals surface area contributed by atoms with Gasteiger partial charge < -0.3 is 19.5 Å². The summed E-state index contributed by atoms with van der Waals surface area (Å²) in [6.45, 7) is 6.21. The van der Waals surface area contributed by atoms with E-state index in [9.17, 15) is 9.59 Å². The van der Waals surface area contributed by atoms with Crippen molar-refractivity contribution in [3.8, 4) is 11.5 Å². The second kappa shape index (κ2) is 8.61. The van der Waals surface area contributed by atoms with Crippen LogP contribution in [-0.4, -0.2) is 55.3 Å². The van der Waals surface area contributed by atoms with Gasteiger partial charge in [0.15, 0.2) is 0 Å². The highest BCUT2D eigenvalue weighted by atomic mass is 16.5. The quantitative estimate of drug-likeness (QED) is 0.816. The first kappa shape index (κ1) is 21.4. The van der Waals surface area contributed by atoms with Crippen molar-refractivity contribution in [3.63, 3.8) is 0 Å². The second-order valence-electron chi connectivity index (χ2n) is 8.33. The summed E-state index contributed by atoms with van der Waals surface area (Å²) in [6, 6.07) is 4.52. The third-order valence-electron chi connectivity index (χ3n) is 5.91. The minimum atomic E-state index is -0.769. The van der Waals surface area contributed by atoms with Gasteiger partial charge in [-0.25, -0.2) is 0 Å². The Labute approximate surface area is 172 Å². The van der Waals surface area contributed by atoms with E-state index in [0.717, 1.165) is 12.8 Å². The van der Waals surface area contributed by atoms with Gasteiger partial charge >= 0.3 is 0 Å². The van der Waals surface area contributed by atoms with Crippen molar-refractivity contribution in [2.24, 2.45) is 5.92 Å². The lowest BCUT2D eigenvalue weighted by atomic mass is 9.83. The van der Waals surface area contributed by atoms with Crippen LogP contribution >= 0.6 is 0 Å². The molecule has 1 saturated carbocycles. The van der Waals surface area contributed by atoms with Crippen LogP contribution in [0.1, 0.15) is 56.8 Å². The summed E-state index contributed by atoms with van der Waals surface area (Å²) < 4.78 is 17.1. The van der Waals surface area contributed by atoms with Gasteiger partial charge in [0, 0.05) is 6.04 Å². The Morgan fingerprint density at radius 1 is 1.17 bits per heavy atom. The zero-order chi connectivity index (χ0) is 21.2. The summed E-state index contributed by atoms with van der Waals surface area (Å²) >= 11 is 0. The molecule has 29 heavy (non-hydrogen) atoms. The molecule has 1 atom stereocenters. The molecule has 2 amide bonds. The highest BCUT2D eigenvalue weighted by molar-refractivity contribution is 6.02. The molecule has 0 bridgehead atoms. The molecule has 1 unspecified atom stereocenters. The number of nitrogens with zero attached hydrogens (tertiary/aromatic N) is 1. The topological polar surface area (TPSA) is 77.1 Å². The maximum Gasteiger partial charge on any atom is 0.264 e. The molecule has 1 aliphatic carbocycles. The van der Waals surface area contributed by atoms with E-state index in [0.29, 0.717) is 35.8 Å². The molecule has 7 nitrogen and oxygen atoms in total. The SMILES string of the molecule is COc1cccc(OC)c1C(=O)N1C(C(=O)NC(C)C)COC12CCC(C)CC2. The number of carbonyl (C=O) groups is 2. The van der Waals surface area contributed by atoms with Gasteiger partial charge in [0.25, 0.3) is 5.91 Å². The lowest BCUT2D eigenvalue weighted by Crippen LogP contribution is -2.57. The third-order valence-corrected chi connectivity index (χ3v) is 5.91. The van der Waals surface area contributed by atoms with E-state index in [4.69, 9.17) is 14.2 Å². The number of rotatable bonds is 5. The lowest BCUT2D eigenvalue weighted by molar-refractivity contribution is -0.128. The maximum absolute atomic E-state index is 13.9. The van der Waals surface area contributed by atoms with E-state index in [1.54, 1.807) is 23.1 Å². The van der Waals surface area contributed by atoms with Crippen molar-refractivity contribution in [2.45, 2.75) is 64.3 Å². The van der Waals surface area contributed by atoms with Crippen LogP contribution in [0.4, 0.5) is 0 Å². The van der Waals surface area contributed by atoms with Gasteiger partial charge in [-0.15, -0.1) is 0 Å². The molecule has 1 spiro atoms. The molecule has 1 saturated heterocycles. The normalized spacial score (nSPS) is 26.6. The minimum Gasteiger partial charge on any atom is -0.496 e. The summed E-state index contributed by atoms with van der Waals surface area (Å²) in [6.07, 6.45) is 3.32. The maximum atomic E-state index is 13.9. The van der Waals surface area contributed by atoms with Crippen molar-refractivity contribution >= 4 is 11.8 Å². The molecule has 0 aromatic heterocycles. The lowest BCUT2D eigenvalue weighted by Gasteiger charge is -2.43. The number of carbonyl (C=O) groups excluding carboxylic acids is 2. The number of hydrogen-bond donors (Lipinski definition) is 1. The van der Waals surface area contributed by atoms with Crippen LogP contribution in [0, 0.1) is 5.92 Å². The Morgan fingerprint density at radius 2 is 1.76 bits per heavy atom. The number of hydrogen-bond acceptors (Lipinski definition) is 5. The first-order chi connectivity index (χ1) is 13.8. The van der Waals surface area contributed by atoms with Crippen molar-refractivity contribution < 1.29 is 23.8 Å². The first-order valence-electron chi connectivity index (χ1n) is 10.3. The van der Waals surface area contributed by atoms with E-state index in [-0.39, 0.29) is 24.5 Å². The molecule has 1 heterocycles. The van der Waals surface area contributed by atoms with E-state index < -0.39 is 11.8 Å². The molecular formula is C22H32N2O5. The van der Waals surface area contributed by atoms with Gasteiger partial charge in [-0.3, -0.25) is 14.5 Å². The zero-order valence-electron chi connectivity index (χ0n) is 18.0. The van der Waals surface area contributed by atoms with Crippen molar-refractivity contribution in [3.05, 3.63) is 23.8 Å². The van der Waals surface area contributed by atoms with Gasteiger partial charge in [-0.1, -0.05) is 13.0 Å². The number of benzene rings is 1. The van der Waals surface area contributed by atoms with Gasteiger partial charge in [0.2, 0.25) is 5.91 Å². The Bertz CT molecular complexity index is 733. The van der Waals surface area contributed by atoms with Gasteiger partial charge in [-0.05, 0) is 57.6 Å². The highest BCUT2D eigenvalue weighted by Gasteiger charge is 2.54. The van der Waals surface area contributed by atoms with Crippen LogP contribution in [0.15, 0.2) is 18.2 Å². The standard InChI is InChI=1S/C22H32N2O5/c1-14(2)23-20(25)16-13-29-22(11-9-15(3)10-12-22)24(16)21(26)19-17(27-4)7-6-8-18(19)28-5/h6-8,14-16H,9-13H2,1-5H3,(H,23,25). The molecule has 1 aromatic carbocycles. The van der Waals surface area contributed by atoms with Crippen LogP contribution in [0.5, 0.6) is 11.5 Å². The Kier molecular flexibility index (Phi) is 6.36. The molecule has 1 aromatic rings. The van der Waals surface area contributed by atoms with Crippen LogP contribution in [0.25, 0.3) is 0 Å². The highest BCUT2D eigenvalue weighted by Crippen LogP contribution is 2.44. The van der Waals surface area contributed by atoms with Crippen LogP contribution in [-0.2, 0) is 9.53 Å². The van der Waals surface area contributed by atoms with Gasteiger partial charge in [0.05, 0.1) is 20.8 Å². The fraction of sp³-hybridized carbons (Fsp3) is 0.636. The molecule has 2 fully saturated rings. The molecule has 160 valence electrons. The summed E-state index contributed by atoms with van der Waals surface area (Å²) in [5, 5.41) is 2.93. The predicted octanol–water partition coefficient (Wildman–Crippen LogP) is 2.98. The molecular weight excluding hydrogens is 372 g/mol. The Hall–Kier alpha value is -2.28. The molecule has 3 rings (SSSR count). The summed E-state index contributed by atoms with van der Waals surface area (Å²) in [5.41, 5.74) is -0.447. The minimum absolute atomic E-state index is 0.0248. The number of nitrogens with one attached hydrogen (secondary N) is 1. The van der Waals surface area contributed by atoms with E-state index >= 15 is 0 Å². The van der Waals surface area contributed by atoms with Gasteiger partial charge in [-0.2, -0.15) is 0 Å². The zero-order valence-corrected chi connectivity index (χ0v) is 18.0. The van der Waals surface area contributed by atoms with E-state index in [1.165, 1.54) is 14.2 Å². The summed E-state index contributed by atoms with van der Waals surface area (Å²) in [7, 11) is 3.04. The second-order valence-corrected chi connectivity index (χ2v) is 8.33. The average molecular weight is 405 g/mol. The van der Waals surface area contributed by atoms with Crippen molar-refractivity contribution in [1.82, 2.24) is 10.2 Å². The third kappa shape index (κ3) is 4.06. The van der Waals surface area contributed by atoms with E-state index in [2.05, 4.69) is 12.2 Å². The number of amides is 2. The smallest absolute Gasteiger partial charge is 0.264 e. The van der Waals surface area contributed by atoms with Crippen LogP contribution < -0.4 is 14.8 Å². The summed E-state index contributed by atoms with van der Waals surface area (Å²) in [5.74, 6) is 0.922. The Morgan fingerprint density at radius 3 is 2.28 bits per heavy atom. The number of ether oxygens (including phenoxy) is 3. The largest absolute Gasteiger partial charge is 0.496 e. The van der Waals surface area contributed by atoms with Crippen molar-refractivity contribution in [1.29, 1.82) is 0 Å². The molecule has 2 aliphatic rings. The molecule has 0 radical (unpaired) electrons. The van der Waals surface area contributed by atoms with E-state index in [1.807, 2.05) is 13.8 Å². The molecule has 7 heteroatoms. The van der Waals surface area contributed by atoms with Crippen LogP contribution in [0.3, 0.4) is 0 Å². The summed E-state index contributed by atoms with van der Waals surface area (Å²) in [4.78, 5) is 28.5. The van der Waals surface area contributed by atoms with Crippen LogP contribution in [0.2, 0.25) is 0 Å². The monoisotopic (exact) mass is 404 g/mol. The van der Waals surface area contributed by atoms with Gasteiger partial charge in [0.1, 0.15) is 28.8 Å². The number of methoxy groups -OCH3 is 2. The fourth-order valence-corrected chi connectivity index (χ4v) is 4.34. The predicted molar refractivity (Wildman–Crippen MR) is 109 cm³/mol. The fourth-order valence-electron chi connectivity index (χ4n) is 4.34. The molecule has 1 N–H and O–H groups in total. The average Bonchev–Trinajstić information content (AvgIpc) is 3.07. The Balaban J connectivity index is 2.04. The van der Waals surface area contributed by atoms with Crippen molar-refractivity contribution in [2.75, 3.05) is 20.8 Å². The molecule has 1 aliphatic heterocycles. The first-order valence-corrected chi connectivity index (χ1v) is 10.3.